The van der Waals surface area contributed by atoms with Crippen molar-refractivity contribution < 1.29 is 0 Å². The first-order valence-electron chi connectivity index (χ1n) is 6.94. The zero-order chi connectivity index (χ0) is 14.1. The van der Waals surface area contributed by atoms with Crippen molar-refractivity contribution in [3.05, 3.63) is 28.1 Å². The van der Waals surface area contributed by atoms with Gasteiger partial charge >= 0.3 is 0 Å². The Kier molecular flexibility index (Phi) is 3.76. The summed E-state index contributed by atoms with van der Waals surface area (Å²) in [5, 5.41) is 15.2. The topological polar surface area (TPSA) is 73.5 Å². The molecular weight excluding hydrogens is 276 g/mol. The Balaban J connectivity index is 1.68. The molecule has 0 radical (unpaired) electrons. The first kappa shape index (κ1) is 13.6. The van der Waals surface area contributed by atoms with Crippen molar-refractivity contribution in [1.82, 2.24) is 30.3 Å². The Morgan fingerprint density at radius 2 is 2.15 bits per heavy atom. The van der Waals surface area contributed by atoms with E-state index in [0.717, 1.165) is 60.5 Å². The third-order valence-electron chi connectivity index (χ3n) is 3.80. The van der Waals surface area contributed by atoms with Gasteiger partial charge in [0.2, 0.25) is 0 Å². The Morgan fingerprint density at radius 3 is 2.80 bits per heavy atom. The van der Waals surface area contributed by atoms with Crippen LogP contribution in [0, 0.1) is 13.8 Å². The Bertz CT molecular complexity index is 589. The average molecular weight is 295 g/mol. The van der Waals surface area contributed by atoms with E-state index in [4.69, 9.17) is 11.6 Å². The predicted octanol–water partition coefficient (Wildman–Crippen LogP) is 2.18. The number of likely N-dealkylation sites (tertiary alicyclic amines) is 1. The number of halogens is 1. The van der Waals surface area contributed by atoms with Crippen molar-refractivity contribution in [2.45, 2.75) is 39.2 Å². The molecular formula is C13H19ClN6. The Morgan fingerprint density at radius 1 is 1.30 bits per heavy atom. The number of aromatic amines is 2. The third kappa shape index (κ3) is 2.71. The summed E-state index contributed by atoms with van der Waals surface area (Å²) in [7, 11) is 0. The largest absolute Gasteiger partial charge is 0.297 e. The summed E-state index contributed by atoms with van der Waals surface area (Å²) < 4.78 is 0. The standard InChI is InChI=1S/C13H19ClN6/c1-8-12(14)11(18-16-8)7-20-5-3-4-10(6-20)13-15-9(2)17-19-13/h10H,3-7H2,1-2H3,(H,16,18)(H,15,17,19)/t10-/m1/s1. The van der Waals surface area contributed by atoms with Gasteiger partial charge in [-0.2, -0.15) is 10.2 Å². The van der Waals surface area contributed by atoms with Crippen LogP contribution >= 0.6 is 11.6 Å². The summed E-state index contributed by atoms with van der Waals surface area (Å²) >= 11 is 6.23. The number of piperidine rings is 1. The second-order valence-electron chi connectivity index (χ2n) is 5.46. The van der Waals surface area contributed by atoms with Gasteiger partial charge in [-0.25, -0.2) is 4.98 Å². The highest BCUT2D eigenvalue weighted by molar-refractivity contribution is 6.31. The van der Waals surface area contributed by atoms with Gasteiger partial charge in [0.15, 0.2) is 5.82 Å². The monoisotopic (exact) mass is 294 g/mol. The van der Waals surface area contributed by atoms with E-state index in [1.165, 1.54) is 0 Å². The number of nitrogens with one attached hydrogen (secondary N) is 2. The number of nitrogens with zero attached hydrogens (tertiary/aromatic N) is 4. The summed E-state index contributed by atoms with van der Waals surface area (Å²) in [6.07, 6.45) is 2.29. The van der Waals surface area contributed by atoms with Crippen LogP contribution in [0.15, 0.2) is 0 Å². The van der Waals surface area contributed by atoms with Gasteiger partial charge in [-0.1, -0.05) is 11.6 Å². The molecule has 7 heteroatoms. The molecule has 0 aliphatic carbocycles. The van der Waals surface area contributed by atoms with E-state index in [1.54, 1.807) is 0 Å². The molecule has 0 amide bonds. The number of H-pyrrole nitrogens is 2. The summed E-state index contributed by atoms with van der Waals surface area (Å²) in [6, 6.07) is 0. The lowest BCUT2D eigenvalue weighted by atomic mass is 9.97. The first-order valence-corrected chi connectivity index (χ1v) is 7.32. The van der Waals surface area contributed by atoms with E-state index in [0.29, 0.717) is 5.92 Å². The molecule has 2 aromatic heterocycles. The van der Waals surface area contributed by atoms with Crippen LogP contribution in [0.25, 0.3) is 0 Å². The fourth-order valence-corrected chi connectivity index (χ4v) is 2.88. The molecule has 1 aliphatic heterocycles. The van der Waals surface area contributed by atoms with Gasteiger partial charge in [0.05, 0.1) is 16.4 Å². The van der Waals surface area contributed by atoms with E-state index in [2.05, 4.69) is 30.3 Å². The van der Waals surface area contributed by atoms with E-state index in [-0.39, 0.29) is 0 Å². The van der Waals surface area contributed by atoms with Crippen molar-refractivity contribution >= 4 is 11.6 Å². The zero-order valence-corrected chi connectivity index (χ0v) is 12.5. The molecule has 3 rings (SSSR count). The van der Waals surface area contributed by atoms with Crippen LogP contribution in [-0.2, 0) is 6.54 Å². The van der Waals surface area contributed by atoms with Crippen LogP contribution in [0.5, 0.6) is 0 Å². The van der Waals surface area contributed by atoms with Crippen molar-refractivity contribution in [1.29, 1.82) is 0 Å². The smallest absolute Gasteiger partial charge is 0.155 e. The van der Waals surface area contributed by atoms with E-state index in [9.17, 15) is 0 Å². The van der Waals surface area contributed by atoms with Crippen molar-refractivity contribution in [2.24, 2.45) is 0 Å². The number of hydrogen-bond donors (Lipinski definition) is 2. The second-order valence-corrected chi connectivity index (χ2v) is 5.84. The summed E-state index contributed by atoms with van der Waals surface area (Å²) in [6.45, 7) is 6.68. The normalized spacial score (nSPS) is 20.4. The molecule has 3 heterocycles. The van der Waals surface area contributed by atoms with Crippen molar-refractivity contribution in [2.75, 3.05) is 13.1 Å². The number of hydrogen-bond acceptors (Lipinski definition) is 4. The van der Waals surface area contributed by atoms with E-state index in [1.807, 2.05) is 13.8 Å². The molecule has 1 saturated heterocycles. The average Bonchev–Trinajstić information content (AvgIpc) is 3.00. The van der Waals surface area contributed by atoms with Crippen LogP contribution in [-0.4, -0.2) is 43.4 Å². The minimum Gasteiger partial charge on any atom is -0.297 e. The molecule has 6 nitrogen and oxygen atoms in total. The minimum absolute atomic E-state index is 0.396. The third-order valence-corrected chi connectivity index (χ3v) is 4.30. The fourth-order valence-electron chi connectivity index (χ4n) is 2.73. The Labute approximate surface area is 122 Å². The van der Waals surface area contributed by atoms with Crippen molar-refractivity contribution in [3.8, 4) is 0 Å². The zero-order valence-electron chi connectivity index (χ0n) is 11.8. The van der Waals surface area contributed by atoms with E-state index < -0.39 is 0 Å². The molecule has 108 valence electrons. The maximum Gasteiger partial charge on any atom is 0.155 e. The highest BCUT2D eigenvalue weighted by Gasteiger charge is 2.25. The molecule has 20 heavy (non-hydrogen) atoms. The number of aryl methyl sites for hydroxylation is 2. The maximum absolute atomic E-state index is 6.23. The van der Waals surface area contributed by atoms with Crippen LogP contribution < -0.4 is 0 Å². The van der Waals surface area contributed by atoms with Crippen LogP contribution in [0.3, 0.4) is 0 Å². The van der Waals surface area contributed by atoms with Gasteiger partial charge in [0.1, 0.15) is 5.82 Å². The molecule has 0 aromatic carbocycles. The number of aromatic nitrogens is 5. The molecule has 2 N–H and O–H groups in total. The van der Waals surface area contributed by atoms with Gasteiger partial charge in [-0.05, 0) is 33.2 Å². The molecule has 2 aromatic rings. The molecule has 1 fully saturated rings. The quantitative estimate of drug-likeness (QED) is 0.910. The summed E-state index contributed by atoms with van der Waals surface area (Å²) in [4.78, 5) is 6.83. The van der Waals surface area contributed by atoms with Gasteiger partial charge in [0.25, 0.3) is 0 Å². The van der Waals surface area contributed by atoms with Gasteiger partial charge in [0, 0.05) is 19.0 Å². The lowest BCUT2D eigenvalue weighted by molar-refractivity contribution is 0.194. The van der Waals surface area contributed by atoms with E-state index >= 15 is 0 Å². The first-order chi connectivity index (χ1) is 9.63. The predicted molar refractivity (Wildman–Crippen MR) is 76.7 cm³/mol. The second kappa shape index (κ2) is 5.54. The van der Waals surface area contributed by atoms with Crippen LogP contribution in [0.4, 0.5) is 0 Å². The molecule has 1 atom stereocenters. The summed E-state index contributed by atoms with van der Waals surface area (Å²) in [5.74, 6) is 2.20. The van der Waals surface area contributed by atoms with Crippen LogP contribution in [0.2, 0.25) is 5.02 Å². The lowest BCUT2D eigenvalue weighted by Crippen LogP contribution is -2.34. The highest BCUT2D eigenvalue weighted by atomic mass is 35.5. The molecule has 0 spiro atoms. The van der Waals surface area contributed by atoms with Gasteiger partial charge < -0.3 is 0 Å². The number of rotatable bonds is 3. The van der Waals surface area contributed by atoms with Gasteiger partial charge in [-0.15, -0.1) is 0 Å². The van der Waals surface area contributed by atoms with Gasteiger partial charge in [-0.3, -0.25) is 15.1 Å². The molecule has 1 aliphatic rings. The SMILES string of the molecule is Cc1nc([C@@H]2CCCN(Cc3n[nH]c(C)c3Cl)C2)n[nH]1. The molecule has 0 unspecified atom stereocenters. The fraction of sp³-hybridized carbons (Fsp3) is 0.615. The lowest BCUT2D eigenvalue weighted by Gasteiger charge is -2.30. The maximum atomic E-state index is 6.23. The molecule has 0 saturated carbocycles. The summed E-state index contributed by atoms with van der Waals surface area (Å²) in [5.41, 5.74) is 1.86. The molecule has 0 bridgehead atoms. The van der Waals surface area contributed by atoms with Crippen molar-refractivity contribution in [3.63, 3.8) is 0 Å². The Hall–Kier alpha value is -1.40. The highest BCUT2D eigenvalue weighted by Crippen LogP contribution is 2.26. The van der Waals surface area contributed by atoms with Crippen LogP contribution in [0.1, 0.15) is 41.8 Å². The minimum atomic E-state index is 0.396.